The Morgan fingerprint density at radius 1 is 1.62 bits per heavy atom. The highest BCUT2D eigenvalue weighted by molar-refractivity contribution is 5.60. The third-order valence-electron chi connectivity index (χ3n) is 1.92. The van der Waals surface area contributed by atoms with Crippen LogP contribution in [0.4, 0.5) is 0 Å². The molecule has 5 nitrogen and oxygen atoms in total. The molecule has 13 heavy (non-hydrogen) atoms. The maximum atomic E-state index is 5.51. The van der Waals surface area contributed by atoms with Crippen LogP contribution in [0.25, 0.3) is 11.3 Å². The van der Waals surface area contributed by atoms with Crippen LogP contribution in [0.1, 0.15) is 5.76 Å². The van der Waals surface area contributed by atoms with Gasteiger partial charge in [0.25, 0.3) is 0 Å². The predicted molar refractivity (Wildman–Crippen MR) is 46.6 cm³/mol. The predicted octanol–water partition coefficient (Wildman–Crippen LogP) is 0.534. The average molecular weight is 178 g/mol. The molecule has 0 fully saturated rings. The Kier molecular flexibility index (Phi) is 1.86. The van der Waals surface area contributed by atoms with Gasteiger partial charge in [0.2, 0.25) is 0 Å². The molecule has 0 saturated carbocycles. The lowest BCUT2D eigenvalue weighted by Gasteiger charge is -1.98. The van der Waals surface area contributed by atoms with E-state index >= 15 is 0 Å². The maximum absolute atomic E-state index is 5.51. The topological polar surface area (TPSA) is 69.9 Å². The Balaban J connectivity index is 2.52. The number of nitrogens with two attached hydrogens (primary N) is 1. The van der Waals surface area contributed by atoms with Gasteiger partial charge in [-0.25, -0.2) is 4.68 Å². The van der Waals surface area contributed by atoms with Crippen molar-refractivity contribution in [3.05, 3.63) is 24.3 Å². The smallest absolute Gasteiger partial charge is 0.126 e. The molecular weight excluding hydrogens is 168 g/mol. The van der Waals surface area contributed by atoms with Crippen LogP contribution in [0, 0.1) is 0 Å². The summed E-state index contributed by atoms with van der Waals surface area (Å²) in [5.74, 6) is 0.755. The van der Waals surface area contributed by atoms with E-state index in [1.807, 2.05) is 13.1 Å². The SMILES string of the molecule is Cn1nncc1-c1ccoc1CN. The molecule has 0 radical (unpaired) electrons. The molecule has 0 saturated heterocycles. The number of rotatable bonds is 2. The minimum absolute atomic E-state index is 0.382. The van der Waals surface area contributed by atoms with Crippen LogP contribution >= 0.6 is 0 Å². The number of aryl methyl sites for hydroxylation is 1. The van der Waals surface area contributed by atoms with Crippen molar-refractivity contribution >= 4 is 0 Å². The lowest BCUT2D eigenvalue weighted by atomic mass is 10.2. The molecule has 0 aliphatic carbocycles. The second-order valence-electron chi connectivity index (χ2n) is 2.70. The second-order valence-corrected chi connectivity index (χ2v) is 2.70. The van der Waals surface area contributed by atoms with Crippen molar-refractivity contribution in [1.29, 1.82) is 0 Å². The van der Waals surface area contributed by atoms with Gasteiger partial charge in [-0.05, 0) is 6.07 Å². The summed E-state index contributed by atoms with van der Waals surface area (Å²) in [6, 6.07) is 1.86. The van der Waals surface area contributed by atoms with Gasteiger partial charge < -0.3 is 10.2 Å². The lowest BCUT2D eigenvalue weighted by molar-refractivity contribution is 0.513. The number of aromatic nitrogens is 3. The van der Waals surface area contributed by atoms with Gasteiger partial charge in [0.15, 0.2) is 0 Å². The summed E-state index contributed by atoms with van der Waals surface area (Å²) in [5.41, 5.74) is 7.37. The summed E-state index contributed by atoms with van der Waals surface area (Å²) >= 11 is 0. The molecule has 2 N–H and O–H groups in total. The van der Waals surface area contributed by atoms with E-state index < -0.39 is 0 Å². The zero-order valence-corrected chi connectivity index (χ0v) is 7.27. The molecule has 5 heteroatoms. The first-order valence-corrected chi connectivity index (χ1v) is 3.94. The molecule has 0 atom stereocenters. The summed E-state index contributed by atoms with van der Waals surface area (Å²) in [7, 11) is 1.83. The number of hydrogen-bond donors (Lipinski definition) is 1. The summed E-state index contributed by atoms with van der Waals surface area (Å²) in [6.07, 6.45) is 3.30. The van der Waals surface area contributed by atoms with Crippen molar-refractivity contribution < 1.29 is 4.42 Å². The first kappa shape index (κ1) is 8.00. The van der Waals surface area contributed by atoms with Crippen molar-refractivity contribution in [2.75, 3.05) is 0 Å². The highest BCUT2D eigenvalue weighted by Crippen LogP contribution is 2.22. The van der Waals surface area contributed by atoms with Gasteiger partial charge >= 0.3 is 0 Å². The number of nitrogens with zero attached hydrogens (tertiary/aromatic N) is 3. The van der Waals surface area contributed by atoms with Gasteiger partial charge in [-0.2, -0.15) is 0 Å². The summed E-state index contributed by atoms with van der Waals surface area (Å²) < 4.78 is 6.88. The van der Waals surface area contributed by atoms with Crippen LogP contribution in [0.2, 0.25) is 0 Å². The van der Waals surface area contributed by atoms with Gasteiger partial charge in [-0.15, -0.1) is 5.10 Å². The van der Waals surface area contributed by atoms with Crippen molar-refractivity contribution in [3.8, 4) is 11.3 Å². The van der Waals surface area contributed by atoms with Crippen LogP contribution < -0.4 is 5.73 Å². The van der Waals surface area contributed by atoms with Gasteiger partial charge in [0.1, 0.15) is 5.76 Å². The Labute approximate surface area is 75.1 Å². The van der Waals surface area contributed by atoms with Crippen LogP contribution in [-0.2, 0) is 13.6 Å². The quantitative estimate of drug-likeness (QED) is 0.728. The van der Waals surface area contributed by atoms with Crippen LogP contribution in [0.15, 0.2) is 22.9 Å². The summed E-state index contributed by atoms with van der Waals surface area (Å²) in [6.45, 7) is 0.382. The third kappa shape index (κ3) is 1.23. The van der Waals surface area contributed by atoms with E-state index in [2.05, 4.69) is 10.3 Å². The van der Waals surface area contributed by atoms with Gasteiger partial charge in [0, 0.05) is 12.6 Å². The van der Waals surface area contributed by atoms with Crippen molar-refractivity contribution in [3.63, 3.8) is 0 Å². The number of furan rings is 1. The third-order valence-corrected chi connectivity index (χ3v) is 1.92. The van der Waals surface area contributed by atoms with E-state index in [1.54, 1.807) is 17.1 Å². The Morgan fingerprint density at radius 2 is 2.46 bits per heavy atom. The highest BCUT2D eigenvalue weighted by Gasteiger charge is 2.10. The van der Waals surface area contributed by atoms with E-state index in [4.69, 9.17) is 10.2 Å². The standard InChI is InChI=1S/C8H10N4O/c1-12-7(5-10-11-12)6-2-3-13-8(6)4-9/h2-3,5H,4,9H2,1H3. The van der Waals surface area contributed by atoms with E-state index in [1.165, 1.54) is 0 Å². The Hall–Kier alpha value is -1.62. The second kappa shape index (κ2) is 3.02. The largest absolute Gasteiger partial charge is 0.467 e. The molecular formula is C8H10N4O. The van der Waals surface area contributed by atoms with Gasteiger partial charge in [-0.3, -0.25) is 0 Å². The van der Waals surface area contributed by atoms with E-state index in [0.717, 1.165) is 17.0 Å². The summed E-state index contributed by atoms with van der Waals surface area (Å²) in [4.78, 5) is 0. The Morgan fingerprint density at radius 3 is 3.08 bits per heavy atom. The first-order valence-electron chi connectivity index (χ1n) is 3.94. The molecule has 2 aromatic rings. The Bertz CT molecular complexity index is 404. The zero-order chi connectivity index (χ0) is 9.26. The normalized spacial score (nSPS) is 10.6. The monoisotopic (exact) mass is 178 g/mol. The molecule has 0 aliphatic rings. The van der Waals surface area contributed by atoms with Crippen LogP contribution in [-0.4, -0.2) is 15.0 Å². The average Bonchev–Trinajstić information content (AvgIpc) is 2.71. The van der Waals surface area contributed by atoms with Crippen molar-refractivity contribution in [2.24, 2.45) is 12.8 Å². The molecule has 0 spiro atoms. The molecule has 0 aromatic carbocycles. The molecule has 0 amide bonds. The van der Waals surface area contributed by atoms with Crippen LogP contribution in [0.5, 0.6) is 0 Å². The van der Waals surface area contributed by atoms with E-state index in [9.17, 15) is 0 Å². The fourth-order valence-corrected chi connectivity index (χ4v) is 1.26. The minimum Gasteiger partial charge on any atom is -0.467 e. The zero-order valence-electron chi connectivity index (χ0n) is 7.27. The highest BCUT2D eigenvalue weighted by atomic mass is 16.3. The van der Waals surface area contributed by atoms with E-state index in [-0.39, 0.29) is 0 Å². The summed E-state index contributed by atoms with van der Waals surface area (Å²) in [5, 5.41) is 7.62. The first-order chi connectivity index (χ1) is 6.33. The molecule has 0 unspecified atom stereocenters. The molecule has 68 valence electrons. The lowest BCUT2D eigenvalue weighted by Crippen LogP contribution is -1.99. The maximum Gasteiger partial charge on any atom is 0.126 e. The van der Waals surface area contributed by atoms with E-state index in [0.29, 0.717) is 6.54 Å². The fourth-order valence-electron chi connectivity index (χ4n) is 1.26. The fraction of sp³-hybridized carbons (Fsp3) is 0.250. The van der Waals surface area contributed by atoms with Gasteiger partial charge in [0.05, 0.1) is 24.7 Å². The van der Waals surface area contributed by atoms with Gasteiger partial charge in [-0.1, -0.05) is 5.21 Å². The number of hydrogen-bond acceptors (Lipinski definition) is 4. The van der Waals surface area contributed by atoms with Crippen molar-refractivity contribution in [1.82, 2.24) is 15.0 Å². The molecule has 2 aromatic heterocycles. The minimum atomic E-state index is 0.382. The molecule has 2 heterocycles. The molecule has 0 aliphatic heterocycles. The molecule has 0 bridgehead atoms. The van der Waals surface area contributed by atoms with Crippen LogP contribution in [0.3, 0.4) is 0 Å². The molecule has 2 rings (SSSR count). The van der Waals surface area contributed by atoms with Crippen molar-refractivity contribution in [2.45, 2.75) is 6.54 Å².